The average molecular weight is 270 g/mol. The van der Waals surface area contributed by atoms with E-state index in [1.807, 2.05) is 31.6 Å². The smallest absolute Gasteiger partial charge is 0.149 e. The van der Waals surface area contributed by atoms with Gasteiger partial charge in [-0.15, -0.1) is 0 Å². The molecule has 0 atom stereocenters. The van der Waals surface area contributed by atoms with E-state index in [2.05, 4.69) is 36.1 Å². The maximum atomic E-state index is 4.53. The SMILES string of the molecule is CNc1cncc(N2CCN(c3ccccn3)CC2)n1. The molecule has 1 aliphatic heterocycles. The van der Waals surface area contributed by atoms with E-state index in [9.17, 15) is 0 Å². The Balaban J connectivity index is 1.66. The Hall–Kier alpha value is -2.37. The minimum atomic E-state index is 0.801. The molecule has 0 bridgehead atoms. The van der Waals surface area contributed by atoms with Crippen LogP contribution < -0.4 is 15.1 Å². The molecule has 6 nitrogen and oxygen atoms in total. The molecule has 0 saturated carbocycles. The highest BCUT2D eigenvalue weighted by Gasteiger charge is 2.19. The lowest BCUT2D eigenvalue weighted by Gasteiger charge is -2.35. The number of pyridine rings is 1. The van der Waals surface area contributed by atoms with Crippen LogP contribution in [0.1, 0.15) is 0 Å². The first kappa shape index (κ1) is 12.7. The van der Waals surface area contributed by atoms with Crippen LogP contribution in [-0.4, -0.2) is 48.2 Å². The maximum Gasteiger partial charge on any atom is 0.149 e. The Bertz CT molecular complexity index is 551. The van der Waals surface area contributed by atoms with E-state index < -0.39 is 0 Å². The molecule has 0 spiro atoms. The second-order valence-electron chi connectivity index (χ2n) is 4.67. The molecule has 20 heavy (non-hydrogen) atoms. The molecule has 0 aromatic carbocycles. The molecular formula is C14H18N6. The van der Waals surface area contributed by atoms with Gasteiger partial charge in [0.1, 0.15) is 17.5 Å². The van der Waals surface area contributed by atoms with E-state index in [4.69, 9.17) is 0 Å². The summed E-state index contributed by atoms with van der Waals surface area (Å²) in [4.78, 5) is 17.7. The predicted molar refractivity (Wildman–Crippen MR) is 80.2 cm³/mol. The fourth-order valence-corrected chi connectivity index (χ4v) is 2.33. The molecule has 2 aromatic heterocycles. The van der Waals surface area contributed by atoms with Crippen LogP contribution in [0.4, 0.5) is 17.5 Å². The predicted octanol–water partition coefficient (Wildman–Crippen LogP) is 1.24. The van der Waals surface area contributed by atoms with Crippen LogP contribution in [0.25, 0.3) is 0 Å². The summed E-state index contributed by atoms with van der Waals surface area (Å²) < 4.78 is 0. The third-order valence-corrected chi connectivity index (χ3v) is 3.45. The van der Waals surface area contributed by atoms with Crippen molar-refractivity contribution in [3.05, 3.63) is 36.8 Å². The molecule has 0 amide bonds. The van der Waals surface area contributed by atoms with Crippen LogP contribution in [0, 0.1) is 0 Å². The lowest BCUT2D eigenvalue weighted by atomic mass is 10.3. The summed E-state index contributed by atoms with van der Waals surface area (Å²) >= 11 is 0. The zero-order chi connectivity index (χ0) is 13.8. The van der Waals surface area contributed by atoms with E-state index in [0.29, 0.717) is 0 Å². The van der Waals surface area contributed by atoms with Crippen molar-refractivity contribution in [1.82, 2.24) is 15.0 Å². The number of aromatic nitrogens is 3. The summed E-state index contributed by atoms with van der Waals surface area (Å²) in [5.74, 6) is 2.77. The van der Waals surface area contributed by atoms with E-state index >= 15 is 0 Å². The van der Waals surface area contributed by atoms with Gasteiger partial charge in [-0.25, -0.2) is 9.97 Å². The molecule has 6 heteroatoms. The van der Waals surface area contributed by atoms with Gasteiger partial charge < -0.3 is 15.1 Å². The molecule has 0 unspecified atom stereocenters. The van der Waals surface area contributed by atoms with Gasteiger partial charge in [-0.1, -0.05) is 6.07 Å². The summed E-state index contributed by atoms with van der Waals surface area (Å²) in [6.07, 6.45) is 5.38. The zero-order valence-corrected chi connectivity index (χ0v) is 11.5. The number of rotatable bonds is 3. The van der Waals surface area contributed by atoms with Crippen LogP contribution >= 0.6 is 0 Å². The van der Waals surface area contributed by atoms with Crippen molar-refractivity contribution in [3.63, 3.8) is 0 Å². The van der Waals surface area contributed by atoms with Crippen LogP contribution in [0.5, 0.6) is 0 Å². The zero-order valence-electron chi connectivity index (χ0n) is 11.5. The second-order valence-corrected chi connectivity index (χ2v) is 4.67. The molecule has 0 radical (unpaired) electrons. The normalized spacial score (nSPS) is 15.2. The monoisotopic (exact) mass is 270 g/mol. The van der Waals surface area contributed by atoms with Crippen LogP contribution in [-0.2, 0) is 0 Å². The number of nitrogens with one attached hydrogen (secondary N) is 1. The Labute approximate surface area is 118 Å². The Kier molecular flexibility index (Phi) is 3.62. The molecule has 3 rings (SSSR count). The van der Waals surface area contributed by atoms with E-state index in [1.54, 1.807) is 6.20 Å². The largest absolute Gasteiger partial charge is 0.372 e. The van der Waals surface area contributed by atoms with Crippen molar-refractivity contribution in [2.24, 2.45) is 0 Å². The minimum absolute atomic E-state index is 0.801. The highest BCUT2D eigenvalue weighted by Crippen LogP contribution is 2.17. The number of anilines is 3. The number of nitrogens with zero attached hydrogens (tertiary/aromatic N) is 5. The maximum absolute atomic E-state index is 4.53. The van der Waals surface area contributed by atoms with Gasteiger partial charge in [0.15, 0.2) is 0 Å². The van der Waals surface area contributed by atoms with Gasteiger partial charge in [0, 0.05) is 39.4 Å². The van der Waals surface area contributed by atoms with E-state index in [-0.39, 0.29) is 0 Å². The molecule has 1 fully saturated rings. The molecule has 1 saturated heterocycles. The highest BCUT2D eigenvalue weighted by atomic mass is 15.3. The fraction of sp³-hybridized carbons (Fsp3) is 0.357. The van der Waals surface area contributed by atoms with Crippen molar-refractivity contribution >= 4 is 17.5 Å². The van der Waals surface area contributed by atoms with Crippen molar-refractivity contribution in [1.29, 1.82) is 0 Å². The second kappa shape index (κ2) is 5.73. The fourth-order valence-electron chi connectivity index (χ4n) is 2.33. The summed E-state index contributed by atoms with van der Waals surface area (Å²) in [6, 6.07) is 6.02. The summed E-state index contributed by atoms with van der Waals surface area (Å²) in [5, 5.41) is 3.02. The van der Waals surface area contributed by atoms with Crippen LogP contribution in [0.3, 0.4) is 0 Å². The molecular weight excluding hydrogens is 252 g/mol. The molecule has 2 aromatic rings. The summed E-state index contributed by atoms with van der Waals surface area (Å²) in [6.45, 7) is 3.75. The topological polar surface area (TPSA) is 57.2 Å². The van der Waals surface area contributed by atoms with E-state index in [1.165, 1.54) is 0 Å². The standard InChI is InChI=1S/C14H18N6/c1-15-12-10-16-11-14(18-12)20-8-6-19(7-9-20)13-4-2-3-5-17-13/h2-5,10-11H,6-9H2,1H3,(H,15,18). The lowest BCUT2D eigenvalue weighted by molar-refractivity contribution is 0.641. The molecule has 0 aliphatic carbocycles. The first-order valence-electron chi connectivity index (χ1n) is 6.77. The lowest BCUT2D eigenvalue weighted by Crippen LogP contribution is -2.47. The number of piperazine rings is 1. The third-order valence-electron chi connectivity index (χ3n) is 3.45. The van der Waals surface area contributed by atoms with Crippen molar-refractivity contribution in [3.8, 4) is 0 Å². The van der Waals surface area contributed by atoms with Gasteiger partial charge in [-0.3, -0.25) is 4.98 Å². The molecule has 1 aliphatic rings. The first-order valence-corrected chi connectivity index (χ1v) is 6.77. The first-order chi connectivity index (χ1) is 9.86. The van der Waals surface area contributed by atoms with Crippen molar-refractivity contribution in [2.45, 2.75) is 0 Å². The molecule has 3 heterocycles. The number of hydrogen-bond acceptors (Lipinski definition) is 6. The van der Waals surface area contributed by atoms with Crippen molar-refractivity contribution in [2.75, 3.05) is 48.3 Å². The highest BCUT2D eigenvalue weighted by molar-refractivity contribution is 5.46. The minimum Gasteiger partial charge on any atom is -0.372 e. The van der Waals surface area contributed by atoms with Crippen LogP contribution in [0.15, 0.2) is 36.8 Å². The van der Waals surface area contributed by atoms with Gasteiger partial charge in [-0.2, -0.15) is 0 Å². The Morgan fingerprint density at radius 2 is 1.75 bits per heavy atom. The molecule has 1 N–H and O–H groups in total. The van der Waals surface area contributed by atoms with Gasteiger partial charge in [0.25, 0.3) is 0 Å². The van der Waals surface area contributed by atoms with Crippen molar-refractivity contribution < 1.29 is 0 Å². The van der Waals surface area contributed by atoms with Gasteiger partial charge >= 0.3 is 0 Å². The summed E-state index contributed by atoms with van der Waals surface area (Å²) in [5.41, 5.74) is 0. The Morgan fingerprint density at radius 1 is 1.00 bits per heavy atom. The van der Waals surface area contributed by atoms with Gasteiger partial charge in [0.2, 0.25) is 0 Å². The Morgan fingerprint density at radius 3 is 2.40 bits per heavy atom. The average Bonchev–Trinajstić information content (AvgIpc) is 2.56. The summed E-state index contributed by atoms with van der Waals surface area (Å²) in [7, 11) is 1.85. The number of hydrogen-bond donors (Lipinski definition) is 1. The van der Waals surface area contributed by atoms with Gasteiger partial charge in [0.05, 0.1) is 12.4 Å². The third kappa shape index (κ3) is 2.64. The van der Waals surface area contributed by atoms with Gasteiger partial charge in [-0.05, 0) is 12.1 Å². The quantitative estimate of drug-likeness (QED) is 0.905. The van der Waals surface area contributed by atoms with Crippen LogP contribution in [0.2, 0.25) is 0 Å². The van der Waals surface area contributed by atoms with E-state index in [0.717, 1.165) is 43.6 Å². The molecule has 104 valence electrons.